The third-order valence-corrected chi connectivity index (χ3v) is 4.24. The quantitative estimate of drug-likeness (QED) is 0.423. The van der Waals surface area contributed by atoms with Crippen LogP contribution in [0.4, 0.5) is 0 Å². The van der Waals surface area contributed by atoms with Crippen LogP contribution in [0, 0.1) is 0 Å². The normalized spacial score (nSPS) is 12.0. The molecule has 1 aromatic heterocycles. The maximum Gasteiger partial charge on any atom is 0.188 e. The van der Waals surface area contributed by atoms with Gasteiger partial charge in [0.15, 0.2) is 5.96 Å². The van der Waals surface area contributed by atoms with Crippen molar-refractivity contribution in [3.8, 4) is 0 Å². The van der Waals surface area contributed by atoms with Crippen molar-refractivity contribution < 1.29 is 4.74 Å². The van der Waals surface area contributed by atoms with Gasteiger partial charge in [0.2, 0.25) is 0 Å². The minimum atomic E-state index is 0.515. The molecule has 0 amide bonds. The molecule has 0 saturated carbocycles. The van der Waals surface area contributed by atoms with Gasteiger partial charge in [-0.2, -0.15) is 0 Å². The molecule has 0 bridgehead atoms. The average Bonchev–Trinajstić information content (AvgIpc) is 2.94. The van der Waals surface area contributed by atoms with Gasteiger partial charge in [-0.3, -0.25) is 4.99 Å². The lowest BCUT2D eigenvalue weighted by molar-refractivity contribution is 0.145. The molecule has 6 heteroatoms. The number of aromatic nitrogens is 1. The van der Waals surface area contributed by atoms with Crippen molar-refractivity contribution in [2.24, 2.45) is 10.7 Å². The first-order valence-corrected chi connectivity index (χ1v) is 8.57. The van der Waals surface area contributed by atoms with Crippen LogP contribution in [0.2, 0.25) is 0 Å². The van der Waals surface area contributed by atoms with Crippen LogP contribution >= 0.6 is 11.3 Å². The summed E-state index contributed by atoms with van der Waals surface area (Å²) in [5.74, 6) is 0.515. The SMILES string of the molecule is CCOCCCNC(N)=NCCCc1nc2ccccc2s1. The lowest BCUT2D eigenvalue weighted by atomic mass is 10.3. The number of thiazole rings is 1. The van der Waals surface area contributed by atoms with Gasteiger partial charge in [-0.1, -0.05) is 12.1 Å². The molecular weight excluding hydrogens is 296 g/mol. The van der Waals surface area contributed by atoms with E-state index in [-0.39, 0.29) is 0 Å². The molecule has 1 aromatic carbocycles. The molecule has 2 rings (SSSR count). The largest absolute Gasteiger partial charge is 0.382 e. The van der Waals surface area contributed by atoms with Crippen molar-refractivity contribution in [1.29, 1.82) is 0 Å². The van der Waals surface area contributed by atoms with Gasteiger partial charge in [-0.15, -0.1) is 11.3 Å². The summed E-state index contributed by atoms with van der Waals surface area (Å²) in [6, 6.07) is 8.23. The third kappa shape index (κ3) is 5.61. The Balaban J connectivity index is 1.64. The molecule has 0 unspecified atom stereocenters. The predicted octanol–water partition coefficient (Wildman–Crippen LogP) is 2.56. The van der Waals surface area contributed by atoms with Crippen LogP contribution in [0.5, 0.6) is 0 Å². The number of rotatable bonds is 9. The van der Waals surface area contributed by atoms with E-state index in [4.69, 9.17) is 10.5 Å². The van der Waals surface area contributed by atoms with Gasteiger partial charge in [0.1, 0.15) is 0 Å². The monoisotopic (exact) mass is 320 g/mol. The van der Waals surface area contributed by atoms with E-state index in [1.165, 1.54) is 9.71 Å². The highest BCUT2D eigenvalue weighted by molar-refractivity contribution is 7.18. The minimum absolute atomic E-state index is 0.515. The van der Waals surface area contributed by atoms with E-state index >= 15 is 0 Å². The lowest BCUT2D eigenvalue weighted by Crippen LogP contribution is -2.33. The van der Waals surface area contributed by atoms with Crippen LogP contribution in [0.3, 0.4) is 0 Å². The topological polar surface area (TPSA) is 72.5 Å². The highest BCUT2D eigenvalue weighted by Gasteiger charge is 2.02. The van der Waals surface area contributed by atoms with Gasteiger partial charge in [0, 0.05) is 32.7 Å². The molecule has 3 N–H and O–H groups in total. The number of hydrogen-bond donors (Lipinski definition) is 2. The maximum absolute atomic E-state index is 5.81. The molecule has 2 aromatic rings. The molecule has 0 atom stereocenters. The van der Waals surface area contributed by atoms with E-state index in [1.807, 2.05) is 19.1 Å². The van der Waals surface area contributed by atoms with Crippen molar-refractivity contribution in [3.63, 3.8) is 0 Å². The number of guanidine groups is 1. The zero-order valence-corrected chi connectivity index (χ0v) is 13.9. The van der Waals surface area contributed by atoms with Gasteiger partial charge in [-0.25, -0.2) is 4.98 Å². The fourth-order valence-corrected chi connectivity index (χ4v) is 3.06. The molecule has 0 aliphatic carbocycles. The van der Waals surface area contributed by atoms with Crippen LogP contribution in [0.1, 0.15) is 24.8 Å². The Morgan fingerprint density at radius 3 is 3.05 bits per heavy atom. The Morgan fingerprint density at radius 1 is 1.36 bits per heavy atom. The van der Waals surface area contributed by atoms with Crippen LogP contribution in [-0.4, -0.2) is 37.2 Å². The summed E-state index contributed by atoms with van der Waals surface area (Å²) in [5.41, 5.74) is 6.90. The van der Waals surface area contributed by atoms with Crippen LogP contribution in [-0.2, 0) is 11.2 Å². The number of nitrogens with one attached hydrogen (secondary N) is 1. The number of hydrogen-bond acceptors (Lipinski definition) is 4. The van der Waals surface area contributed by atoms with E-state index in [9.17, 15) is 0 Å². The lowest BCUT2D eigenvalue weighted by Gasteiger charge is -2.05. The second-order valence-electron chi connectivity index (χ2n) is 4.92. The molecule has 5 nitrogen and oxygen atoms in total. The molecule has 1 heterocycles. The second-order valence-corrected chi connectivity index (χ2v) is 6.04. The Hall–Kier alpha value is -1.66. The Morgan fingerprint density at radius 2 is 2.23 bits per heavy atom. The van der Waals surface area contributed by atoms with Gasteiger partial charge in [-0.05, 0) is 31.9 Å². The summed E-state index contributed by atoms with van der Waals surface area (Å²) >= 11 is 1.76. The van der Waals surface area contributed by atoms with E-state index < -0.39 is 0 Å². The summed E-state index contributed by atoms with van der Waals surface area (Å²) < 4.78 is 6.51. The van der Waals surface area contributed by atoms with Crippen molar-refractivity contribution in [2.75, 3.05) is 26.3 Å². The molecule has 0 fully saturated rings. The van der Waals surface area contributed by atoms with Crippen molar-refractivity contribution in [1.82, 2.24) is 10.3 Å². The Kier molecular flexibility index (Phi) is 7.12. The van der Waals surface area contributed by atoms with Crippen molar-refractivity contribution >= 4 is 27.5 Å². The number of benzene rings is 1. The predicted molar refractivity (Wildman–Crippen MR) is 93.5 cm³/mol. The molecule has 0 radical (unpaired) electrons. The smallest absolute Gasteiger partial charge is 0.188 e. The third-order valence-electron chi connectivity index (χ3n) is 3.14. The van der Waals surface area contributed by atoms with Crippen LogP contribution in [0.25, 0.3) is 10.2 Å². The van der Waals surface area contributed by atoms with E-state index in [0.29, 0.717) is 5.96 Å². The first-order valence-electron chi connectivity index (χ1n) is 7.75. The summed E-state index contributed by atoms with van der Waals surface area (Å²) in [6.07, 6.45) is 2.84. The van der Waals surface area contributed by atoms with Crippen molar-refractivity contribution in [2.45, 2.75) is 26.2 Å². The van der Waals surface area contributed by atoms with Crippen LogP contribution in [0.15, 0.2) is 29.3 Å². The summed E-state index contributed by atoms with van der Waals surface area (Å²) in [7, 11) is 0. The van der Waals surface area contributed by atoms with Gasteiger partial charge >= 0.3 is 0 Å². The van der Waals surface area contributed by atoms with Gasteiger partial charge in [0.25, 0.3) is 0 Å². The molecule has 0 aliphatic rings. The second kappa shape index (κ2) is 9.38. The molecule has 0 aliphatic heterocycles. The highest BCUT2D eigenvalue weighted by Crippen LogP contribution is 2.22. The van der Waals surface area contributed by atoms with Crippen LogP contribution < -0.4 is 11.1 Å². The van der Waals surface area contributed by atoms with E-state index in [1.54, 1.807) is 11.3 Å². The molecular formula is C16H24N4OS. The molecule has 0 spiro atoms. The number of aliphatic imine (C=N–C) groups is 1. The molecule has 120 valence electrons. The average molecular weight is 320 g/mol. The zero-order valence-electron chi connectivity index (χ0n) is 13.0. The summed E-state index contributed by atoms with van der Waals surface area (Å²) in [6.45, 7) is 5.03. The first-order chi connectivity index (χ1) is 10.8. The molecule has 22 heavy (non-hydrogen) atoms. The number of nitrogens with two attached hydrogens (primary N) is 1. The van der Waals surface area contributed by atoms with E-state index in [0.717, 1.165) is 51.1 Å². The van der Waals surface area contributed by atoms with E-state index in [2.05, 4.69) is 27.4 Å². The van der Waals surface area contributed by atoms with Gasteiger partial charge in [0.05, 0.1) is 15.2 Å². The van der Waals surface area contributed by atoms with Crippen molar-refractivity contribution in [3.05, 3.63) is 29.3 Å². The fraction of sp³-hybridized carbons (Fsp3) is 0.500. The molecule has 0 saturated heterocycles. The Labute approximate surface area is 135 Å². The number of fused-ring (bicyclic) bond motifs is 1. The zero-order chi connectivity index (χ0) is 15.6. The number of para-hydroxylation sites is 1. The van der Waals surface area contributed by atoms with Gasteiger partial charge < -0.3 is 15.8 Å². The number of ether oxygens (including phenoxy) is 1. The summed E-state index contributed by atoms with van der Waals surface area (Å²) in [5, 5.41) is 4.26. The number of aryl methyl sites for hydroxylation is 1. The minimum Gasteiger partial charge on any atom is -0.382 e. The highest BCUT2D eigenvalue weighted by atomic mass is 32.1. The first kappa shape index (κ1) is 16.7. The Bertz CT molecular complexity index is 564. The maximum atomic E-state index is 5.81. The summed E-state index contributed by atoms with van der Waals surface area (Å²) in [4.78, 5) is 8.95. The number of nitrogens with zero attached hydrogens (tertiary/aromatic N) is 2. The standard InChI is InChI=1S/C16H24N4OS/c1-2-21-12-6-11-19-16(17)18-10-5-9-15-20-13-7-3-4-8-14(13)22-15/h3-4,7-8H,2,5-6,9-12H2,1H3,(H3,17,18,19). The fourth-order valence-electron chi connectivity index (χ4n) is 2.05.